The number of carboxylic acids is 1. The molecule has 106 valence electrons. The average molecular weight is 284 g/mol. The third-order valence-electron chi connectivity index (χ3n) is 2.69. The van der Waals surface area contributed by atoms with Crippen molar-refractivity contribution >= 4 is 18.1 Å². The lowest BCUT2D eigenvalue weighted by Gasteiger charge is -2.00. The molecule has 1 heterocycles. The lowest BCUT2D eigenvalue weighted by atomic mass is 10.1. The van der Waals surface area contributed by atoms with Crippen LogP contribution < -0.4 is 9.99 Å². The lowest BCUT2D eigenvalue weighted by molar-refractivity contribution is -0.684. The number of carboxylic acid groups (broad SMARTS) is 1. The van der Waals surface area contributed by atoms with E-state index in [1.165, 1.54) is 12.3 Å². The van der Waals surface area contributed by atoms with Gasteiger partial charge < -0.3 is 5.11 Å². The van der Waals surface area contributed by atoms with E-state index in [4.69, 9.17) is 5.11 Å². The van der Waals surface area contributed by atoms with Gasteiger partial charge in [-0.2, -0.15) is 9.67 Å². The van der Waals surface area contributed by atoms with Crippen LogP contribution in [0.25, 0.3) is 0 Å². The van der Waals surface area contributed by atoms with Crippen LogP contribution in [0, 0.1) is 0 Å². The summed E-state index contributed by atoms with van der Waals surface area (Å²) < 4.78 is 1.70. The van der Waals surface area contributed by atoms with E-state index in [1.807, 2.05) is 18.2 Å². The van der Waals surface area contributed by atoms with Crippen molar-refractivity contribution in [3.8, 4) is 0 Å². The average Bonchev–Trinajstić information content (AvgIpc) is 2.48. The van der Waals surface area contributed by atoms with Crippen molar-refractivity contribution in [1.82, 2.24) is 5.43 Å². The molecular weight excluding hydrogens is 270 g/mol. The summed E-state index contributed by atoms with van der Waals surface area (Å²) in [6.07, 6.45) is 4.85. The van der Waals surface area contributed by atoms with Crippen molar-refractivity contribution in [3.05, 3.63) is 66.0 Å². The smallest absolute Gasteiger partial charge is 0.336 e. The molecule has 0 unspecified atom stereocenters. The highest BCUT2D eigenvalue weighted by atomic mass is 16.4. The molecule has 21 heavy (non-hydrogen) atoms. The van der Waals surface area contributed by atoms with Crippen molar-refractivity contribution in [3.63, 3.8) is 0 Å². The first-order chi connectivity index (χ1) is 10.2. The zero-order valence-electron chi connectivity index (χ0n) is 11.1. The van der Waals surface area contributed by atoms with Crippen molar-refractivity contribution < 1.29 is 19.3 Å². The van der Waals surface area contributed by atoms with Crippen molar-refractivity contribution in [1.29, 1.82) is 0 Å². The number of hydrazone groups is 1. The molecule has 0 saturated carbocycles. The molecule has 0 bridgehead atoms. The molecule has 6 nitrogen and oxygen atoms in total. The predicted molar refractivity (Wildman–Crippen MR) is 75.8 cm³/mol. The number of hydrogen-bond donors (Lipinski definition) is 2. The fraction of sp³-hybridized carbons (Fsp3) is 0.0667. The number of hydrogen-bond acceptors (Lipinski definition) is 3. The summed E-state index contributed by atoms with van der Waals surface area (Å²) in [5, 5.41) is 12.8. The van der Waals surface area contributed by atoms with Crippen molar-refractivity contribution in [2.75, 3.05) is 0 Å². The van der Waals surface area contributed by atoms with Gasteiger partial charge in [-0.3, -0.25) is 4.79 Å². The number of rotatable bonds is 5. The largest absolute Gasteiger partial charge is 0.478 e. The first-order valence-corrected chi connectivity index (χ1v) is 6.25. The minimum Gasteiger partial charge on any atom is -0.478 e. The van der Waals surface area contributed by atoms with Crippen LogP contribution in [0.1, 0.15) is 15.9 Å². The Morgan fingerprint density at radius 2 is 1.86 bits per heavy atom. The predicted octanol–water partition coefficient (Wildman–Crippen LogP) is 0.823. The second kappa shape index (κ2) is 6.95. The quantitative estimate of drug-likeness (QED) is 0.484. The van der Waals surface area contributed by atoms with Crippen LogP contribution in [-0.4, -0.2) is 23.2 Å². The molecule has 0 spiro atoms. The van der Waals surface area contributed by atoms with Gasteiger partial charge in [-0.25, -0.2) is 10.2 Å². The van der Waals surface area contributed by atoms with E-state index >= 15 is 0 Å². The molecule has 1 aromatic carbocycles. The lowest BCUT2D eigenvalue weighted by Crippen LogP contribution is -2.40. The van der Waals surface area contributed by atoms with Gasteiger partial charge in [0.05, 0.1) is 11.8 Å². The minimum absolute atomic E-state index is 0.132. The zero-order valence-corrected chi connectivity index (χ0v) is 11.1. The van der Waals surface area contributed by atoms with E-state index in [-0.39, 0.29) is 18.0 Å². The van der Waals surface area contributed by atoms with E-state index < -0.39 is 5.97 Å². The van der Waals surface area contributed by atoms with Gasteiger partial charge in [-0.05, 0) is 6.07 Å². The number of benzene rings is 1. The third kappa shape index (κ3) is 4.24. The number of amides is 1. The Hall–Kier alpha value is -3.02. The summed E-state index contributed by atoms with van der Waals surface area (Å²) in [7, 11) is 0. The van der Waals surface area contributed by atoms with E-state index in [0.717, 1.165) is 0 Å². The molecule has 0 aliphatic heterocycles. The van der Waals surface area contributed by atoms with Gasteiger partial charge in [0.25, 0.3) is 0 Å². The van der Waals surface area contributed by atoms with Gasteiger partial charge in [-0.1, -0.05) is 24.3 Å². The molecule has 0 radical (unpaired) electrons. The molecule has 0 saturated heterocycles. The van der Waals surface area contributed by atoms with Gasteiger partial charge in [0.15, 0.2) is 12.4 Å². The Bertz CT molecular complexity index is 669. The van der Waals surface area contributed by atoms with Gasteiger partial charge in [0.1, 0.15) is 0 Å². The summed E-state index contributed by atoms with van der Waals surface area (Å²) in [4.78, 5) is 22.7. The van der Waals surface area contributed by atoms with Crippen LogP contribution >= 0.6 is 0 Å². The molecule has 0 aliphatic carbocycles. The molecule has 0 fully saturated rings. The SMILES string of the molecule is O=C(C[n+]1ccccc1)NN=Cc1ccccc1C(=O)O. The van der Waals surface area contributed by atoms with Crippen LogP contribution in [0.4, 0.5) is 0 Å². The molecule has 0 atom stereocenters. The Labute approximate surface area is 121 Å². The van der Waals surface area contributed by atoms with Gasteiger partial charge in [-0.15, -0.1) is 0 Å². The zero-order chi connectivity index (χ0) is 15.1. The highest BCUT2D eigenvalue weighted by molar-refractivity contribution is 5.98. The molecule has 2 aromatic rings. The number of pyridine rings is 1. The first-order valence-electron chi connectivity index (χ1n) is 6.25. The Kier molecular flexibility index (Phi) is 4.76. The summed E-state index contributed by atoms with van der Waals surface area (Å²) in [6, 6.07) is 11.9. The van der Waals surface area contributed by atoms with E-state index in [2.05, 4.69) is 10.5 Å². The van der Waals surface area contributed by atoms with Crippen LogP contribution in [0.15, 0.2) is 60.0 Å². The van der Waals surface area contributed by atoms with Crippen LogP contribution in [0.3, 0.4) is 0 Å². The summed E-state index contributed by atoms with van der Waals surface area (Å²) in [5.41, 5.74) is 2.92. The van der Waals surface area contributed by atoms with Gasteiger partial charge >= 0.3 is 11.9 Å². The number of aromatic carboxylic acids is 1. The Morgan fingerprint density at radius 3 is 2.57 bits per heavy atom. The number of carbonyl (C=O) groups excluding carboxylic acids is 1. The second-order valence-corrected chi connectivity index (χ2v) is 4.23. The molecule has 2 rings (SSSR count). The van der Waals surface area contributed by atoms with E-state index in [0.29, 0.717) is 5.56 Å². The molecule has 1 amide bonds. The van der Waals surface area contributed by atoms with E-state index in [9.17, 15) is 9.59 Å². The molecule has 6 heteroatoms. The topological polar surface area (TPSA) is 82.6 Å². The molecule has 0 aliphatic rings. The Morgan fingerprint density at radius 1 is 1.14 bits per heavy atom. The highest BCUT2D eigenvalue weighted by Crippen LogP contribution is 2.05. The van der Waals surface area contributed by atoms with Gasteiger partial charge in [0.2, 0.25) is 6.54 Å². The first kappa shape index (κ1) is 14.4. The molecule has 1 aromatic heterocycles. The number of aromatic nitrogens is 1. The van der Waals surface area contributed by atoms with Crippen molar-refractivity contribution in [2.24, 2.45) is 5.10 Å². The second-order valence-electron chi connectivity index (χ2n) is 4.23. The molecule has 2 N–H and O–H groups in total. The van der Waals surface area contributed by atoms with Crippen LogP contribution in [0.5, 0.6) is 0 Å². The standard InChI is InChI=1S/C15H13N3O3/c19-14(11-18-8-4-1-5-9-18)17-16-10-12-6-2-3-7-13(12)15(20)21/h1-10H,11H2,(H-,17,19,20,21)/p+1. The monoisotopic (exact) mass is 284 g/mol. The summed E-state index contributed by atoms with van der Waals surface area (Å²) in [5.74, 6) is -1.33. The summed E-state index contributed by atoms with van der Waals surface area (Å²) in [6.45, 7) is 0.138. The highest BCUT2D eigenvalue weighted by Gasteiger charge is 2.08. The number of carbonyl (C=O) groups is 2. The van der Waals surface area contributed by atoms with Crippen LogP contribution in [0.2, 0.25) is 0 Å². The minimum atomic E-state index is -1.04. The normalized spacial score (nSPS) is 10.5. The van der Waals surface area contributed by atoms with Gasteiger partial charge in [0, 0.05) is 17.7 Å². The fourth-order valence-corrected chi connectivity index (χ4v) is 1.72. The third-order valence-corrected chi connectivity index (χ3v) is 2.69. The number of nitrogens with one attached hydrogen (secondary N) is 1. The molecular formula is C15H14N3O3+. The van der Waals surface area contributed by atoms with E-state index in [1.54, 1.807) is 35.2 Å². The maximum Gasteiger partial charge on any atom is 0.336 e. The van der Waals surface area contributed by atoms with Crippen LogP contribution in [-0.2, 0) is 11.3 Å². The van der Waals surface area contributed by atoms with Crippen molar-refractivity contribution in [2.45, 2.75) is 6.54 Å². The maximum absolute atomic E-state index is 11.7. The summed E-state index contributed by atoms with van der Waals surface area (Å²) >= 11 is 0. The number of nitrogens with zero attached hydrogens (tertiary/aromatic N) is 2. The Balaban J connectivity index is 1.97. The maximum atomic E-state index is 11.7. The fourth-order valence-electron chi connectivity index (χ4n) is 1.72.